The van der Waals surface area contributed by atoms with Crippen molar-refractivity contribution in [2.24, 2.45) is 5.41 Å². The summed E-state index contributed by atoms with van der Waals surface area (Å²) in [5.41, 5.74) is 0.239. The molecule has 8 heteroatoms. The monoisotopic (exact) mass is 357 g/mol. The van der Waals surface area contributed by atoms with Gasteiger partial charge in [0.2, 0.25) is 0 Å². The van der Waals surface area contributed by atoms with Gasteiger partial charge in [-0.2, -0.15) is 0 Å². The van der Waals surface area contributed by atoms with Crippen LogP contribution >= 0.6 is 11.8 Å². The van der Waals surface area contributed by atoms with Gasteiger partial charge in [0, 0.05) is 17.8 Å². The highest BCUT2D eigenvalue weighted by Crippen LogP contribution is 2.26. The van der Waals surface area contributed by atoms with Gasteiger partial charge in [-0.15, -0.1) is 10.2 Å². The molecular weight excluding hydrogens is 338 g/mol. The maximum atomic E-state index is 12.2. The number of ketones is 1. The van der Waals surface area contributed by atoms with Crippen molar-refractivity contribution in [3.05, 3.63) is 42.7 Å². The van der Waals surface area contributed by atoms with Gasteiger partial charge in [0.1, 0.15) is 17.2 Å². The second-order valence-corrected chi connectivity index (χ2v) is 7.47. The zero-order chi connectivity index (χ0) is 17.9. The lowest BCUT2D eigenvalue weighted by molar-refractivity contribution is -0.123. The van der Waals surface area contributed by atoms with Gasteiger partial charge in [0.25, 0.3) is 0 Å². The Kier molecular flexibility index (Phi) is 4.98. The van der Waals surface area contributed by atoms with Crippen molar-refractivity contribution >= 4 is 17.5 Å². The SMILES string of the molecule is CC(C)(C)C(=O)CSc1nnc(-c2cnccn2)n1Cc1ccco1. The topological polar surface area (TPSA) is 86.7 Å². The molecule has 0 unspecified atom stereocenters. The van der Waals surface area contributed by atoms with Gasteiger partial charge in [0.15, 0.2) is 11.0 Å². The standard InChI is InChI=1S/C17H19N5O2S/c1-17(2,3)14(23)11-25-16-21-20-15(13-9-18-6-7-19-13)22(16)10-12-5-4-8-24-12/h4-9H,10-11H2,1-3H3. The van der Waals surface area contributed by atoms with Crippen LogP contribution in [0.5, 0.6) is 0 Å². The van der Waals surface area contributed by atoms with Gasteiger partial charge in [-0.25, -0.2) is 4.98 Å². The summed E-state index contributed by atoms with van der Waals surface area (Å²) in [6.07, 6.45) is 6.47. The largest absolute Gasteiger partial charge is 0.467 e. The molecule has 0 aliphatic rings. The number of carbonyl (C=O) groups is 1. The fraction of sp³-hybridized carbons (Fsp3) is 0.353. The summed E-state index contributed by atoms with van der Waals surface area (Å²) in [6, 6.07) is 3.72. The maximum Gasteiger partial charge on any atom is 0.192 e. The van der Waals surface area contributed by atoms with Crippen LogP contribution in [-0.4, -0.2) is 36.3 Å². The zero-order valence-electron chi connectivity index (χ0n) is 14.3. The molecule has 0 atom stereocenters. The van der Waals surface area contributed by atoms with Crippen molar-refractivity contribution in [2.75, 3.05) is 5.75 Å². The first-order valence-corrected chi connectivity index (χ1v) is 8.82. The fourth-order valence-electron chi connectivity index (χ4n) is 2.05. The third-order valence-corrected chi connectivity index (χ3v) is 4.54. The molecule has 0 spiro atoms. The minimum atomic E-state index is -0.382. The third kappa shape index (κ3) is 4.14. The first kappa shape index (κ1) is 17.3. The average Bonchev–Trinajstić information content (AvgIpc) is 3.23. The summed E-state index contributed by atoms with van der Waals surface area (Å²) >= 11 is 1.37. The molecule has 0 N–H and O–H groups in total. The summed E-state index contributed by atoms with van der Waals surface area (Å²) in [5, 5.41) is 9.13. The lowest BCUT2D eigenvalue weighted by Gasteiger charge is -2.16. The Labute approximate surface area is 149 Å². The number of rotatable bonds is 6. The molecule has 0 aliphatic heterocycles. The molecule has 0 aromatic carbocycles. The Balaban J connectivity index is 1.90. The molecule has 3 aromatic heterocycles. The normalized spacial score (nSPS) is 11.6. The summed E-state index contributed by atoms with van der Waals surface area (Å²) < 4.78 is 7.34. The second kappa shape index (κ2) is 7.18. The smallest absolute Gasteiger partial charge is 0.192 e. The van der Waals surface area contributed by atoms with Crippen LogP contribution in [0.4, 0.5) is 0 Å². The van der Waals surface area contributed by atoms with Crippen molar-refractivity contribution in [2.45, 2.75) is 32.5 Å². The molecule has 0 saturated heterocycles. The highest BCUT2D eigenvalue weighted by Gasteiger charge is 2.23. The summed E-state index contributed by atoms with van der Waals surface area (Å²) in [4.78, 5) is 20.6. The van der Waals surface area contributed by atoms with Gasteiger partial charge < -0.3 is 4.42 Å². The van der Waals surface area contributed by atoms with Crippen LogP contribution in [0.1, 0.15) is 26.5 Å². The highest BCUT2D eigenvalue weighted by molar-refractivity contribution is 7.99. The lowest BCUT2D eigenvalue weighted by Crippen LogP contribution is -2.22. The Hall–Kier alpha value is -2.48. The minimum Gasteiger partial charge on any atom is -0.467 e. The van der Waals surface area contributed by atoms with E-state index in [1.807, 2.05) is 37.5 Å². The molecular formula is C17H19N5O2S. The van der Waals surface area contributed by atoms with Crippen LogP contribution < -0.4 is 0 Å². The number of thioether (sulfide) groups is 1. The summed E-state index contributed by atoms with van der Waals surface area (Å²) in [5.74, 6) is 1.86. The van der Waals surface area contributed by atoms with Crippen molar-refractivity contribution in [1.29, 1.82) is 0 Å². The van der Waals surface area contributed by atoms with Crippen molar-refractivity contribution in [3.8, 4) is 11.5 Å². The Bertz CT molecular complexity index is 838. The molecule has 3 heterocycles. The predicted molar refractivity (Wildman–Crippen MR) is 94.0 cm³/mol. The lowest BCUT2D eigenvalue weighted by atomic mass is 9.92. The van der Waals surface area contributed by atoms with Crippen molar-refractivity contribution < 1.29 is 9.21 Å². The van der Waals surface area contributed by atoms with E-state index in [2.05, 4.69) is 20.2 Å². The molecule has 0 saturated carbocycles. The number of furan rings is 1. The molecule has 0 fully saturated rings. The summed E-state index contributed by atoms with van der Waals surface area (Å²) in [7, 11) is 0. The van der Waals surface area contributed by atoms with Crippen molar-refractivity contribution in [3.63, 3.8) is 0 Å². The zero-order valence-corrected chi connectivity index (χ0v) is 15.2. The van der Waals surface area contributed by atoms with Crippen molar-refractivity contribution in [1.82, 2.24) is 24.7 Å². The Morgan fingerprint density at radius 1 is 1.28 bits per heavy atom. The molecule has 130 valence electrons. The van der Waals surface area contributed by atoms with Gasteiger partial charge in [-0.1, -0.05) is 32.5 Å². The second-order valence-electron chi connectivity index (χ2n) is 6.52. The number of nitrogens with zero attached hydrogens (tertiary/aromatic N) is 5. The molecule has 0 amide bonds. The molecule has 0 radical (unpaired) electrons. The molecule has 3 aromatic rings. The fourth-order valence-corrected chi connectivity index (χ4v) is 3.15. The van der Waals surface area contributed by atoms with E-state index >= 15 is 0 Å². The van der Waals surface area contributed by atoms with Crippen LogP contribution in [0.2, 0.25) is 0 Å². The molecule has 7 nitrogen and oxygen atoms in total. The van der Waals surface area contributed by atoms with Crippen LogP contribution in [0.15, 0.2) is 46.6 Å². The van der Waals surface area contributed by atoms with Gasteiger partial charge in [-0.3, -0.25) is 14.3 Å². The quantitative estimate of drug-likeness (QED) is 0.627. The Morgan fingerprint density at radius 3 is 2.76 bits per heavy atom. The minimum absolute atomic E-state index is 0.158. The molecule has 25 heavy (non-hydrogen) atoms. The number of carbonyl (C=O) groups excluding carboxylic acids is 1. The van der Waals surface area contributed by atoms with Crippen LogP contribution in [0, 0.1) is 5.41 Å². The van der Waals surface area contributed by atoms with Crippen LogP contribution in [0.3, 0.4) is 0 Å². The third-order valence-electron chi connectivity index (χ3n) is 3.57. The first-order valence-electron chi connectivity index (χ1n) is 7.83. The molecule has 0 bridgehead atoms. The molecule has 0 aliphatic carbocycles. The van der Waals surface area contributed by atoms with E-state index in [1.54, 1.807) is 24.9 Å². The van der Waals surface area contributed by atoms with E-state index < -0.39 is 0 Å². The van der Waals surface area contributed by atoms with Gasteiger partial charge in [0.05, 0.1) is 24.8 Å². The number of hydrogen-bond acceptors (Lipinski definition) is 7. The molecule has 3 rings (SSSR count). The van der Waals surface area contributed by atoms with E-state index in [0.717, 1.165) is 5.76 Å². The van der Waals surface area contributed by atoms with Crippen LogP contribution in [0.25, 0.3) is 11.5 Å². The van der Waals surface area contributed by atoms with E-state index in [4.69, 9.17) is 4.42 Å². The number of Topliss-reactive ketones (excluding diaryl/α,β-unsaturated/α-hetero) is 1. The van der Waals surface area contributed by atoms with E-state index in [9.17, 15) is 4.79 Å². The predicted octanol–water partition coefficient (Wildman–Crippen LogP) is 3.08. The van der Waals surface area contributed by atoms with Crippen LogP contribution in [-0.2, 0) is 11.3 Å². The first-order chi connectivity index (χ1) is 11.9. The van der Waals surface area contributed by atoms with E-state index in [1.165, 1.54) is 11.8 Å². The number of aromatic nitrogens is 5. The maximum absolute atomic E-state index is 12.2. The van der Waals surface area contributed by atoms with E-state index in [-0.39, 0.29) is 11.2 Å². The summed E-state index contributed by atoms with van der Waals surface area (Å²) in [6.45, 7) is 6.19. The average molecular weight is 357 g/mol. The number of hydrogen-bond donors (Lipinski definition) is 0. The van der Waals surface area contributed by atoms with Gasteiger partial charge >= 0.3 is 0 Å². The van der Waals surface area contributed by atoms with Gasteiger partial charge in [-0.05, 0) is 12.1 Å². The van der Waals surface area contributed by atoms with E-state index in [0.29, 0.717) is 29.0 Å². The Morgan fingerprint density at radius 2 is 2.12 bits per heavy atom. The highest BCUT2D eigenvalue weighted by atomic mass is 32.2.